The maximum atomic E-state index is 13.6. The van der Waals surface area contributed by atoms with E-state index in [1.165, 1.54) is 180 Å². The van der Waals surface area contributed by atoms with Crippen molar-refractivity contribution in [3.63, 3.8) is 0 Å². The molecule has 0 aromatic heterocycles. The molecule has 488 valence electrons. The molecule has 0 saturated heterocycles. The van der Waals surface area contributed by atoms with Crippen molar-refractivity contribution in [3.05, 3.63) is 85.1 Å². The zero-order valence-corrected chi connectivity index (χ0v) is 56.7. The van der Waals surface area contributed by atoms with E-state index in [1.807, 2.05) is 33.3 Å². The lowest BCUT2D eigenvalue weighted by atomic mass is 10.0. The lowest BCUT2D eigenvalue weighted by molar-refractivity contribution is -0.870. The van der Waals surface area contributed by atoms with Crippen LogP contribution in [0.15, 0.2) is 85.1 Å². The standard InChI is InChI=1S/C74H135N2O7P/c1-7-10-13-16-19-22-25-28-30-32-34-35-36-37-38-39-40-41-43-45-47-49-52-55-58-61-64-67-74(78)83-72(65-62-59-56-53-50-27-24-21-18-15-12-9-3)71(70-82-84(79,80)81-69-68-76(4,5)6)75-73(77)66-63-60-57-54-51-48-46-44-42-33-31-29-26-23-20-17-14-11-8-2/h10,13,19,22,28,30,34-35,37-38,40-41,62,65,71-72H,7-9,11-12,14-18,20-21,23-27,29,31-33,36,39,42-61,63-64,66-70H2,1-6H3,(H-,75,77,79,80)/b13-10-,22-19-,30-28-,35-34-,38-37-,41-40-,65-62+. The van der Waals surface area contributed by atoms with E-state index in [-0.39, 0.29) is 24.9 Å². The third kappa shape index (κ3) is 63.7. The summed E-state index contributed by atoms with van der Waals surface area (Å²) in [6.07, 6.45) is 84.1. The van der Waals surface area contributed by atoms with Gasteiger partial charge in [0.05, 0.1) is 33.8 Å². The van der Waals surface area contributed by atoms with Gasteiger partial charge in [-0.2, -0.15) is 0 Å². The monoisotopic (exact) mass is 1200 g/mol. The van der Waals surface area contributed by atoms with Gasteiger partial charge in [0.1, 0.15) is 19.3 Å². The fraction of sp³-hybridized carbons (Fsp3) is 0.784. The van der Waals surface area contributed by atoms with Crippen LogP contribution in [0.2, 0.25) is 0 Å². The minimum absolute atomic E-state index is 0.0249. The van der Waals surface area contributed by atoms with E-state index in [4.69, 9.17) is 13.8 Å². The third-order valence-corrected chi connectivity index (χ3v) is 16.6. The predicted octanol–water partition coefficient (Wildman–Crippen LogP) is 21.9. The SMILES string of the molecule is CC/C=C\C/C=C\C/C=C\C/C=C\C/C=C\C/C=C\CCCCCCCCCCC(=O)OC(/C=C/CCCCCCCCCCCC)C(COP(=O)([O-])OCC[N+](C)(C)C)NC(=O)CCCCCCCCCCCCCCCCCCCCC. The second-order valence-corrected chi connectivity index (χ2v) is 26.4. The van der Waals surface area contributed by atoms with Crippen molar-refractivity contribution in [2.75, 3.05) is 40.9 Å². The van der Waals surface area contributed by atoms with E-state index in [1.54, 1.807) is 0 Å². The Hall–Kier alpha value is -2.81. The van der Waals surface area contributed by atoms with E-state index >= 15 is 0 Å². The maximum absolute atomic E-state index is 13.6. The molecular formula is C74H135N2O7P. The highest BCUT2D eigenvalue weighted by atomic mass is 31.2. The average Bonchev–Trinajstić information content (AvgIpc) is 3.65. The van der Waals surface area contributed by atoms with Gasteiger partial charge in [-0.05, 0) is 83.1 Å². The number of unbranched alkanes of at least 4 members (excludes halogenated alkanes) is 36. The fourth-order valence-electron chi connectivity index (χ4n) is 10.2. The number of ether oxygens (including phenoxy) is 1. The molecule has 0 aliphatic carbocycles. The lowest BCUT2D eigenvalue weighted by Crippen LogP contribution is -2.47. The molecule has 0 aromatic carbocycles. The van der Waals surface area contributed by atoms with Gasteiger partial charge in [-0.25, -0.2) is 0 Å². The Balaban J connectivity index is 5.08. The van der Waals surface area contributed by atoms with Crippen LogP contribution in [-0.2, 0) is 27.9 Å². The summed E-state index contributed by atoms with van der Waals surface area (Å²) in [5, 5.41) is 3.04. The van der Waals surface area contributed by atoms with Crippen LogP contribution >= 0.6 is 7.82 Å². The fourth-order valence-corrected chi connectivity index (χ4v) is 10.9. The van der Waals surface area contributed by atoms with Gasteiger partial charge in [-0.3, -0.25) is 14.2 Å². The number of carbonyl (C=O) groups excluding carboxylic acids is 2. The average molecular weight is 1200 g/mol. The van der Waals surface area contributed by atoms with Crippen LogP contribution in [0.3, 0.4) is 0 Å². The van der Waals surface area contributed by atoms with Gasteiger partial charge in [-0.1, -0.05) is 312 Å². The van der Waals surface area contributed by atoms with Crippen molar-refractivity contribution in [2.45, 2.75) is 335 Å². The van der Waals surface area contributed by atoms with Gasteiger partial charge >= 0.3 is 5.97 Å². The van der Waals surface area contributed by atoms with Crippen molar-refractivity contribution < 1.29 is 37.3 Å². The number of hydrogen-bond acceptors (Lipinski definition) is 7. The number of phosphoric ester groups is 1. The number of likely N-dealkylation sites (N-methyl/N-ethyl adjacent to an activating group) is 1. The summed E-state index contributed by atoms with van der Waals surface area (Å²) < 4.78 is 30.4. The first-order valence-electron chi connectivity index (χ1n) is 35.4. The first kappa shape index (κ1) is 81.2. The summed E-state index contributed by atoms with van der Waals surface area (Å²) in [7, 11) is 1.18. The number of carbonyl (C=O) groups is 2. The highest BCUT2D eigenvalue weighted by molar-refractivity contribution is 7.45. The van der Waals surface area contributed by atoms with Gasteiger partial charge < -0.3 is 28.5 Å². The number of nitrogens with one attached hydrogen (secondary N) is 1. The molecule has 0 aromatic rings. The van der Waals surface area contributed by atoms with Crippen molar-refractivity contribution in [1.82, 2.24) is 5.32 Å². The van der Waals surface area contributed by atoms with Gasteiger partial charge in [0.25, 0.3) is 7.82 Å². The Labute approximate surface area is 520 Å². The lowest BCUT2D eigenvalue weighted by Gasteiger charge is -2.30. The summed E-state index contributed by atoms with van der Waals surface area (Å²) in [5.74, 6) is -0.541. The van der Waals surface area contributed by atoms with E-state index < -0.39 is 26.6 Å². The molecule has 9 nitrogen and oxygen atoms in total. The molecule has 0 rings (SSSR count). The van der Waals surface area contributed by atoms with Crippen molar-refractivity contribution >= 4 is 19.7 Å². The minimum Gasteiger partial charge on any atom is -0.756 e. The Kier molecular flexibility index (Phi) is 61.1. The highest BCUT2D eigenvalue weighted by Crippen LogP contribution is 2.38. The largest absolute Gasteiger partial charge is 0.756 e. The summed E-state index contributed by atoms with van der Waals surface area (Å²) in [6, 6.07) is -0.894. The van der Waals surface area contributed by atoms with E-state index in [0.717, 1.165) is 109 Å². The first-order chi connectivity index (χ1) is 40.9. The van der Waals surface area contributed by atoms with Crippen LogP contribution in [-0.4, -0.2) is 69.4 Å². The molecule has 0 heterocycles. The molecule has 0 fully saturated rings. The summed E-state index contributed by atoms with van der Waals surface area (Å²) in [4.78, 5) is 40.2. The Morgan fingerprint density at radius 2 is 0.762 bits per heavy atom. The molecular weight excluding hydrogens is 1060 g/mol. The van der Waals surface area contributed by atoms with Gasteiger partial charge in [0.2, 0.25) is 5.91 Å². The number of rotatable bonds is 64. The molecule has 1 N–H and O–H groups in total. The van der Waals surface area contributed by atoms with Crippen LogP contribution in [0, 0.1) is 0 Å². The number of esters is 1. The molecule has 0 aliphatic heterocycles. The van der Waals surface area contributed by atoms with Gasteiger partial charge in [0.15, 0.2) is 0 Å². The Bertz CT molecular complexity index is 1710. The molecule has 0 aliphatic rings. The molecule has 0 saturated carbocycles. The zero-order valence-electron chi connectivity index (χ0n) is 55.8. The van der Waals surface area contributed by atoms with Crippen LogP contribution < -0.4 is 10.2 Å². The first-order valence-corrected chi connectivity index (χ1v) is 36.9. The molecule has 3 atom stereocenters. The predicted molar refractivity (Wildman–Crippen MR) is 362 cm³/mol. The quantitative estimate of drug-likeness (QED) is 0.0212. The molecule has 84 heavy (non-hydrogen) atoms. The number of nitrogens with zero attached hydrogens (tertiary/aromatic N) is 1. The molecule has 0 radical (unpaired) electrons. The van der Waals surface area contributed by atoms with Crippen molar-refractivity contribution in [3.8, 4) is 0 Å². The second-order valence-electron chi connectivity index (χ2n) is 25.0. The van der Waals surface area contributed by atoms with E-state index in [0.29, 0.717) is 17.4 Å². The normalized spacial score (nSPS) is 14.0. The summed E-state index contributed by atoms with van der Waals surface area (Å²) in [6.45, 7) is 6.76. The highest BCUT2D eigenvalue weighted by Gasteiger charge is 2.27. The van der Waals surface area contributed by atoms with E-state index in [9.17, 15) is 19.0 Å². The third-order valence-electron chi connectivity index (χ3n) is 15.6. The topological polar surface area (TPSA) is 114 Å². The smallest absolute Gasteiger partial charge is 0.306 e. The minimum atomic E-state index is -4.71. The Morgan fingerprint density at radius 1 is 0.429 bits per heavy atom. The maximum Gasteiger partial charge on any atom is 0.306 e. The van der Waals surface area contributed by atoms with Crippen molar-refractivity contribution in [1.29, 1.82) is 0 Å². The second kappa shape index (κ2) is 63.2. The zero-order chi connectivity index (χ0) is 61.4. The van der Waals surface area contributed by atoms with Crippen LogP contribution in [0.1, 0.15) is 323 Å². The summed E-state index contributed by atoms with van der Waals surface area (Å²) >= 11 is 0. The number of phosphoric acid groups is 1. The van der Waals surface area contributed by atoms with Gasteiger partial charge in [-0.15, -0.1) is 0 Å². The number of amides is 1. The van der Waals surface area contributed by atoms with E-state index in [2.05, 4.69) is 99.0 Å². The number of quaternary nitrogens is 1. The van der Waals surface area contributed by atoms with Crippen LogP contribution in [0.25, 0.3) is 0 Å². The summed E-state index contributed by atoms with van der Waals surface area (Å²) in [5.41, 5.74) is 0. The molecule has 3 unspecified atom stereocenters. The van der Waals surface area contributed by atoms with Crippen LogP contribution in [0.4, 0.5) is 0 Å². The Morgan fingerprint density at radius 3 is 1.14 bits per heavy atom. The number of hydrogen-bond donors (Lipinski definition) is 1. The van der Waals surface area contributed by atoms with Gasteiger partial charge in [0, 0.05) is 12.8 Å². The number of allylic oxidation sites excluding steroid dienone is 13. The molecule has 0 bridgehead atoms. The molecule has 10 heteroatoms. The molecule has 0 spiro atoms. The molecule has 1 amide bonds. The van der Waals surface area contributed by atoms with Crippen molar-refractivity contribution in [2.24, 2.45) is 0 Å². The van der Waals surface area contributed by atoms with Crippen LogP contribution in [0.5, 0.6) is 0 Å².